The van der Waals surface area contributed by atoms with Crippen molar-refractivity contribution in [3.8, 4) is 0 Å². The Bertz CT molecular complexity index is 775. The van der Waals surface area contributed by atoms with Crippen LogP contribution in [0.15, 0.2) is 34.1 Å². The quantitative estimate of drug-likeness (QED) is 0.918. The van der Waals surface area contributed by atoms with Crippen LogP contribution in [0.2, 0.25) is 0 Å². The number of nitrogens with zero attached hydrogens (tertiary/aromatic N) is 2. The van der Waals surface area contributed by atoms with Gasteiger partial charge in [0.2, 0.25) is 0 Å². The van der Waals surface area contributed by atoms with Gasteiger partial charge in [-0.05, 0) is 26.8 Å². The van der Waals surface area contributed by atoms with E-state index in [0.29, 0.717) is 16.9 Å². The van der Waals surface area contributed by atoms with E-state index in [2.05, 4.69) is 10.1 Å². The lowest BCUT2D eigenvalue weighted by atomic mass is 10.1. The number of aliphatic imine (C=N–C) groups is 1. The predicted molar refractivity (Wildman–Crippen MR) is 84.0 cm³/mol. The summed E-state index contributed by atoms with van der Waals surface area (Å²) in [6.45, 7) is 5.82. The van der Waals surface area contributed by atoms with Crippen LogP contribution in [0.4, 0.5) is 10.2 Å². The van der Waals surface area contributed by atoms with E-state index in [0.717, 1.165) is 5.04 Å². The van der Waals surface area contributed by atoms with Crippen molar-refractivity contribution in [1.29, 1.82) is 0 Å². The van der Waals surface area contributed by atoms with Gasteiger partial charge in [0.25, 0.3) is 5.56 Å². The minimum absolute atomic E-state index is 0.0855. The van der Waals surface area contributed by atoms with E-state index >= 15 is 0 Å². The molecule has 0 radical (unpaired) electrons. The molecule has 0 spiro atoms. The molecule has 1 N–H and O–H groups in total. The molecule has 0 saturated heterocycles. The van der Waals surface area contributed by atoms with Crippen molar-refractivity contribution in [2.24, 2.45) is 4.99 Å². The van der Waals surface area contributed by atoms with Crippen LogP contribution in [0, 0.1) is 5.82 Å². The summed E-state index contributed by atoms with van der Waals surface area (Å²) in [4.78, 5) is 16.8. The number of H-pyrrole nitrogens is 1. The Labute approximate surface area is 126 Å². The highest BCUT2D eigenvalue weighted by atomic mass is 32.2. The molecule has 4 nitrogen and oxygen atoms in total. The second-order valence-electron chi connectivity index (χ2n) is 5.29. The lowest BCUT2D eigenvalue weighted by molar-refractivity contribution is 0.533. The fraction of sp³-hybridized carbons (Fsp3) is 0.333. The highest BCUT2D eigenvalue weighted by Gasteiger charge is 2.31. The number of benzene rings is 1. The maximum Gasteiger partial charge on any atom is 0.271 e. The molecular weight excluding hydrogens is 289 g/mol. The molecular formula is C15H16FN3OS. The standard InChI is InChI=1S/C15H16FN3OS/c1-8(2)19-14-12(15(20)18-19)13(21-9(3)17-14)10-6-4-5-7-11(10)16/h4-8,13H,1-3H3,(H,18,20)/t13-/m1/s1. The van der Waals surface area contributed by atoms with Crippen LogP contribution in [0.25, 0.3) is 0 Å². The third-order valence-corrected chi connectivity index (χ3v) is 4.61. The molecule has 1 aromatic carbocycles. The van der Waals surface area contributed by atoms with Gasteiger partial charge in [0.05, 0.1) is 15.9 Å². The number of fused-ring (bicyclic) bond motifs is 1. The van der Waals surface area contributed by atoms with E-state index in [1.54, 1.807) is 22.9 Å². The Morgan fingerprint density at radius 3 is 2.76 bits per heavy atom. The Morgan fingerprint density at radius 1 is 1.38 bits per heavy atom. The zero-order valence-corrected chi connectivity index (χ0v) is 12.9. The number of hydrogen-bond acceptors (Lipinski definition) is 3. The molecule has 0 amide bonds. The molecule has 1 aliphatic heterocycles. The fourth-order valence-corrected chi connectivity index (χ4v) is 3.62. The largest absolute Gasteiger partial charge is 0.271 e. The van der Waals surface area contributed by atoms with Gasteiger partial charge in [0.1, 0.15) is 5.82 Å². The molecule has 1 atom stereocenters. The summed E-state index contributed by atoms with van der Waals surface area (Å²) in [7, 11) is 0. The van der Waals surface area contributed by atoms with Gasteiger partial charge in [-0.1, -0.05) is 30.0 Å². The maximum absolute atomic E-state index is 14.1. The van der Waals surface area contributed by atoms with Crippen LogP contribution in [0.1, 0.15) is 43.2 Å². The summed E-state index contributed by atoms with van der Waals surface area (Å²) in [6, 6.07) is 6.67. The molecule has 0 unspecified atom stereocenters. The van der Waals surface area contributed by atoms with Gasteiger partial charge in [-0.2, -0.15) is 0 Å². The molecule has 21 heavy (non-hydrogen) atoms. The molecule has 6 heteroatoms. The van der Waals surface area contributed by atoms with Gasteiger partial charge in [-0.15, -0.1) is 0 Å². The average molecular weight is 305 g/mol. The first kappa shape index (κ1) is 14.1. The Hall–Kier alpha value is -1.82. The summed E-state index contributed by atoms with van der Waals surface area (Å²) in [5, 5.41) is 3.28. The molecule has 3 rings (SSSR count). The average Bonchev–Trinajstić information content (AvgIpc) is 2.76. The van der Waals surface area contributed by atoms with Crippen LogP contribution in [0.3, 0.4) is 0 Å². The number of rotatable bonds is 2. The van der Waals surface area contributed by atoms with E-state index in [9.17, 15) is 9.18 Å². The summed E-state index contributed by atoms with van der Waals surface area (Å²) in [5.41, 5.74) is 0.852. The third-order valence-electron chi connectivity index (χ3n) is 3.45. The van der Waals surface area contributed by atoms with Crippen LogP contribution in [-0.2, 0) is 0 Å². The lowest BCUT2D eigenvalue weighted by Crippen LogP contribution is -2.14. The van der Waals surface area contributed by atoms with Crippen molar-refractivity contribution in [3.63, 3.8) is 0 Å². The number of aromatic nitrogens is 2. The van der Waals surface area contributed by atoms with Crippen LogP contribution >= 0.6 is 11.8 Å². The molecule has 0 aliphatic carbocycles. The number of halogens is 1. The number of nitrogens with one attached hydrogen (secondary N) is 1. The summed E-state index contributed by atoms with van der Waals surface area (Å²) in [5.74, 6) is 0.312. The van der Waals surface area contributed by atoms with Gasteiger partial charge in [-0.25, -0.2) is 9.38 Å². The fourth-order valence-electron chi connectivity index (χ4n) is 2.49. The SMILES string of the molecule is CC1=Nc2c(c(=O)[nH]n2C(C)C)[C@@H](c2ccccc2F)S1. The van der Waals surface area contributed by atoms with E-state index in [1.165, 1.54) is 17.8 Å². The summed E-state index contributed by atoms with van der Waals surface area (Å²) >= 11 is 1.41. The molecule has 0 bridgehead atoms. The monoisotopic (exact) mass is 305 g/mol. The van der Waals surface area contributed by atoms with E-state index in [4.69, 9.17) is 0 Å². The molecule has 2 aromatic rings. The van der Waals surface area contributed by atoms with Gasteiger partial charge in [0, 0.05) is 11.6 Å². The first-order valence-electron chi connectivity index (χ1n) is 6.79. The predicted octanol–water partition coefficient (Wildman–Crippen LogP) is 3.78. The minimum Gasteiger partial charge on any atom is -0.268 e. The van der Waals surface area contributed by atoms with Crippen molar-refractivity contribution in [2.45, 2.75) is 32.1 Å². The number of thioether (sulfide) groups is 1. The van der Waals surface area contributed by atoms with Crippen molar-refractivity contribution in [2.75, 3.05) is 0 Å². The number of aromatic amines is 1. The van der Waals surface area contributed by atoms with Gasteiger partial charge in [-0.3, -0.25) is 14.6 Å². The third kappa shape index (κ3) is 2.33. The smallest absolute Gasteiger partial charge is 0.268 e. The molecule has 110 valence electrons. The van der Waals surface area contributed by atoms with Crippen molar-refractivity contribution < 1.29 is 4.39 Å². The van der Waals surface area contributed by atoms with E-state index < -0.39 is 0 Å². The summed E-state index contributed by atoms with van der Waals surface area (Å²) < 4.78 is 15.9. The van der Waals surface area contributed by atoms with Crippen LogP contribution < -0.4 is 5.56 Å². The first-order valence-corrected chi connectivity index (χ1v) is 7.67. The first-order chi connectivity index (χ1) is 9.99. The van der Waals surface area contributed by atoms with Crippen molar-refractivity contribution in [1.82, 2.24) is 9.78 Å². The topological polar surface area (TPSA) is 50.1 Å². The molecule has 2 heterocycles. The molecule has 1 aromatic heterocycles. The minimum atomic E-state index is -0.359. The van der Waals surface area contributed by atoms with Gasteiger partial charge < -0.3 is 0 Å². The zero-order chi connectivity index (χ0) is 15.1. The maximum atomic E-state index is 14.1. The number of hydrogen-bond donors (Lipinski definition) is 1. The molecule has 0 saturated carbocycles. The van der Waals surface area contributed by atoms with Crippen LogP contribution in [-0.4, -0.2) is 14.8 Å². The Kier molecular flexibility index (Phi) is 3.49. The van der Waals surface area contributed by atoms with Crippen molar-refractivity contribution >= 4 is 22.6 Å². The summed E-state index contributed by atoms with van der Waals surface area (Å²) in [6.07, 6.45) is 0. The van der Waals surface area contributed by atoms with Gasteiger partial charge >= 0.3 is 0 Å². The highest BCUT2D eigenvalue weighted by Crippen LogP contribution is 2.44. The zero-order valence-electron chi connectivity index (χ0n) is 12.1. The highest BCUT2D eigenvalue weighted by molar-refractivity contribution is 8.14. The Balaban J connectivity index is 2.23. The molecule has 0 fully saturated rings. The normalized spacial score (nSPS) is 17.8. The van der Waals surface area contributed by atoms with E-state index in [1.807, 2.05) is 20.8 Å². The van der Waals surface area contributed by atoms with Gasteiger partial charge in [0.15, 0.2) is 5.82 Å². The second-order valence-corrected chi connectivity index (χ2v) is 6.59. The Morgan fingerprint density at radius 2 is 2.10 bits per heavy atom. The van der Waals surface area contributed by atoms with Crippen molar-refractivity contribution in [3.05, 3.63) is 51.6 Å². The lowest BCUT2D eigenvalue weighted by Gasteiger charge is -2.21. The molecule has 1 aliphatic rings. The van der Waals surface area contributed by atoms with E-state index in [-0.39, 0.29) is 22.7 Å². The van der Waals surface area contributed by atoms with Crippen LogP contribution in [0.5, 0.6) is 0 Å². The second kappa shape index (κ2) is 5.18.